The van der Waals surface area contributed by atoms with E-state index in [1.807, 2.05) is 0 Å². The van der Waals surface area contributed by atoms with Gasteiger partial charge in [0.1, 0.15) is 0 Å². The van der Waals surface area contributed by atoms with Crippen molar-refractivity contribution in [3.05, 3.63) is 46.6 Å². The summed E-state index contributed by atoms with van der Waals surface area (Å²) in [6, 6.07) is 0. The topological polar surface area (TPSA) is 0 Å². The first-order valence-electron chi connectivity index (χ1n) is 8.71. The SMILES string of the molecule is CCC1=[C-]C(CC)(C2=CC=CC2)C(CC)=C1CC.C[C](C)=[Zr].Cl.Cl. The van der Waals surface area contributed by atoms with Crippen molar-refractivity contribution in [2.24, 2.45) is 5.41 Å². The van der Waals surface area contributed by atoms with Crippen molar-refractivity contribution in [1.29, 1.82) is 0 Å². The van der Waals surface area contributed by atoms with Crippen LogP contribution in [0.2, 0.25) is 0 Å². The van der Waals surface area contributed by atoms with E-state index in [0.29, 0.717) is 0 Å². The van der Waals surface area contributed by atoms with Crippen molar-refractivity contribution < 1.29 is 24.2 Å². The minimum absolute atomic E-state index is 0. The van der Waals surface area contributed by atoms with Crippen LogP contribution in [0.15, 0.2) is 40.5 Å². The second kappa shape index (κ2) is 12.6. The molecular formula is C21H33Cl2Zr-. The maximum atomic E-state index is 3.88. The molecule has 0 radical (unpaired) electrons. The minimum Gasteiger partial charge on any atom is -0.147 e. The first kappa shape index (κ1) is 26.5. The number of allylic oxidation sites excluding steroid dienone is 8. The van der Waals surface area contributed by atoms with Gasteiger partial charge in [0.2, 0.25) is 0 Å². The Kier molecular flexibility index (Phi) is 13.9. The quantitative estimate of drug-likeness (QED) is 0.393. The number of hydrogen-bond acceptors (Lipinski definition) is 0. The predicted octanol–water partition coefficient (Wildman–Crippen LogP) is 7.13. The van der Waals surface area contributed by atoms with E-state index in [9.17, 15) is 0 Å². The van der Waals surface area contributed by atoms with Gasteiger partial charge in [-0.2, -0.15) is 11.1 Å². The summed E-state index contributed by atoms with van der Waals surface area (Å²) in [4.78, 5) is 0. The Morgan fingerprint density at radius 3 is 2.00 bits per heavy atom. The first-order valence-corrected chi connectivity index (χ1v) is 9.94. The van der Waals surface area contributed by atoms with E-state index in [1.165, 1.54) is 8.78 Å². The molecule has 2 aliphatic carbocycles. The number of halogens is 2. The van der Waals surface area contributed by atoms with Gasteiger partial charge in [0.05, 0.1) is 0 Å². The van der Waals surface area contributed by atoms with E-state index < -0.39 is 0 Å². The fourth-order valence-corrected chi connectivity index (χ4v) is 3.66. The Labute approximate surface area is 177 Å². The average Bonchev–Trinajstić information content (AvgIpc) is 3.11. The van der Waals surface area contributed by atoms with Crippen LogP contribution in [0.25, 0.3) is 0 Å². The van der Waals surface area contributed by atoms with Gasteiger partial charge in [-0.15, -0.1) is 24.8 Å². The molecule has 0 spiro atoms. The van der Waals surface area contributed by atoms with Crippen LogP contribution < -0.4 is 0 Å². The zero-order chi connectivity index (χ0) is 16.8. The summed E-state index contributed by atoms with van der Waals surface area (Å²) in [6.45, 7) is 13.4. The van der Waals surface area contributed by atoms with Gasteiger partial charge in [-0.05, 0) is 6.42 Å². The normalized spacial score (nSPS) is 21.2. The molecule has 2 rings (SSSR count). The molecule has 0 saturated carbocycles. The van der Waals surface area contributed by atoms with Gasteiger partial charge >= 0.3 is 41.3 Å². The van der Waals surface area contributed by atoms with E-state index in [4.69, 9.17) is 0 Å². The van der Waals surface area contributed by atoms with Gasteiger partial charge in [-0.1, -0.05) is 82.6 Å². The van der Waals surface area contributed by atoms with Crippen LogP contribution in [0, 0.1) is 11.5 Å². The predicted molar refractivity (Wildman–Crippen MR) is 110 cm³/mol. The zero-order valence-electron chi connectivity index (χ0n) is 16.1. The maximum absolute atomic E-state index is 3.88. The maximum Gasteiger partial charge on any atom is -0.147 e. The molecule has 0 saturated heterocycles. The molecule has 0 aromatic heterocycles. The Hall–Kier alpha value is 0.293. The molecule has 1 unspecified atom stereocenters. The summed E-state index contributed by atoms with van der Waals surface area (Å²) in [5.74, 6) is 0. The largest absolute Gasteiger partial charge is 0.147 e. The van der Waals surface area contributed by atoms with Crippen molar-refractivity contribution in [2.75, 3.05) is 0 Å². The third-order valence-electron chi connectivity index (χ3n) is 4.52. The summed E-state index contributed by atoms with van der Waals surface area (Å²) in [7, 11) is 0. The van der Waals surface area contributed by atoms with Gasteiger partial charge in [0.15, 0.2) is 0 Å². The molecule has 3 heteroatoms. The van der Waals surface area contributed by atoms with Crippen LogP contribution >= 0.6 is 24.8 Å². The third kappa shape index (κ3) is 5.93. The van der Waals surface area contributed by atoms with Crippen LogP contribution in [0.5, 0.6) is 0 Å². The molecule has 24 heavy (non-hydrogen) atoms. The molecule has 1 atom stereocenters. The van der Waals surface area contributed by atoms with Gasteiger partial charge in [-0.25, -0.2) is 5.57 Å². The van der Waals surface area contributed by atoms with Crippen LogP contribution in [0.3, 0.4) is 0 Å². The molecule has 0 nitrogen and oxygen atoms in total. The van der Waals surface area contributed by atoms with E-state index in [1.54, 1.807) is 41.0 Å². The monoisotopic (exact) mass is 445 g/mol. The molecular weight excluding hydrogens is 414 g/mol. The summed E-state index contributed by atoms with van der Waals surface area (Å²) in [5.41, 5.74) is 6.38. The molecule has 0 N–H and O–H groups in total. The van der Waals surface area contributed by atoms with Crippen LogP contribution in [-0.4, -0.2) is 3.21 Å². The molecule has 0 heterocycles. The van der Waals surface area contributed by atoms with Crippen molar-refractivity contribution in [1.82, 2.24) is 0 Å². The number of rotatable bonds is 5. The molecule has 0 aromatic rings. The van der Waals surface area contributed by atoms with Gasteiger partial charge in [0, 0.05) is 0 Å². The van der Waals surface area contributed by atoms with Crippen molar-refractivity contribution in [3.8, 4) is 0 Å². The van der Waals surface area contributed by atoms with Crippen molar-refractivity contribution in [3.63, 3.8) is 0 Å². The van der Waals surface area contributed by atoms with Gasteiger partial charge < -0.3 is 0 Å². The molecule has 0 fully saturated rings. The molecule has 0 aliphatic heterocycles. The van der Waals surface area contributed by atoms with Crippen molar-refractivity contribution in [2.45, 2.75) is 73.6 Å². The van der Waals surface area contributed by atoms with E-state index in [0.717, 1.165) is 32.1 Å². The summed E-state index contributed by atoms with van der Waals surface area (Å²) >= 11 is 1.55. The van der Waals surface area contributed by atoms with Gasteiger partial charge in [0.25, 0.3) is 0 Å². The summed E-state index contributed by atoms with van der Waals surface area (Å²) in [6.07, 6.45) is 16.4. The van der Waals surface area contributed by atoms with Crippen LogP contribution in [0.1, 0.15) is 73.6 Å². The Morgan fingerprint density at radius 1 is 1.08 bits per heavy atom. The third-order valence-corrected chi connectivity index (χ3v) is 4.52. The summed E-state index contributed by atoms with van der Waals surface area (Å²) in [5, 5.41) is 0. The minimum atomic E-state index is 0. The fourth-order valence-electron chi connectivity index (χ4n) is 3.66. The van der Waals surface area contributed by atoms with Gasteiger partial charge in [-0.3, -0.25) is 6.08 Å². The zero-order valence-corrected chi connectivity index (χ0v) is 20.2. The first-order chi connectivity index (χ1) is 10.5. The van der Waals surface area contributed by atoms with Crippen LogP contribution in [0.4, 0.5) is 0 Å². The Balaban J connectivity index is 0. The molecule has 136 valence electrons. The second-order valence-corrected chi connectivity index (χ2v) is 8.66. The molecule has 2 aliphatic rings. The van der Waals surface area contributed by atoms with Crippen molar-refractivity contribution >= 4 is 28.0 Å². The molecule has 0 amide bonds. The fraction of sp³-hybridized carbons (Fsp3) is 0.571. The standard InChI is InChI=1S/C18H25.C3H6.2ClH.Zr/c1-5-14-13-18(8-4,15-11-9-10-12-15)17(7-3)16(14)6-2;1-3-2;;;/h9-11H,5-8,12H2,1-4H3;1-2H3;2*1H;/q-1;;;;. The number of hydrogen-bond donors (Lipinski definition) is 0. The summed E-state index contributed by atoms with van der Waals surface area (Å²) < 4.78 is 1.51. The Morgan fingerprint density at radius 2 is 1.67 bits per heavy atom. The van der Waals surface area contributed by atoms with E-state index in [-0.39, 0.29) is 30.2 Å². The smallest absolute Gasteiger partial charge is 0.147 e. The second-order valence-electron chi connectivity index (χ2n) is 6.20. The molecule has 0 aromatic carbocycles. The molecule has 0 bridgehead atoms. The Bertz CT molecular complexity index is 534. The van der Waals surface area contributed by atoms with E-state index >= 15 is 0 Å². The van der Waals surface area contributed by atoms with E-state index in [2.05, 4.69) is 65.8 Å². The van der Waals surface area contributed by atoms with Crippen LogP contribution in [-0.2, 0) is 24.2 Å². The average molecular weight is 448 g/mol.